The number of hydrogen-bond acceptors (Lipinski definition) is 4. The molecule has 0 aromatic heterocycles. The minimum Gasteiger partial charge on any atom is -0.319 e. The molecule has 0 saturated heterocycles. The second-order valence-electron chi connectivity index (χ2n) is 5.73. The fourth-order valence-electron chi connectivity index (χ4n) is 1.32. The number of rotatable bonds is 6. The van der Waals surface area contributed by atoms with E-state index in [0.29, 0.717) is 12.8 Å². The van der Waals surface area contributed by atoms with Crippen LogP contribution >= 0.6 is 0 Å². The van der Waals surface area contributed by atoms with Gasteiger partial charge in [-0.05, 0) is 18.8 Å². The molecule has 19 heavy (non-hydrogen) atoms. The fraction of sp³-hybridized carbons (Fsp3) is 0.643. The van der Waals surface area contributed by atoms with E-state index in [9.17, 15) is 4.79 Å². The maximum Gasteiger partial charge on any atom is 0.242 e. The van der Waals surface area contributed by atoms with Gasteiger partial charge in [0.15, 0.2) is 0 Å². The van der Waals surface area contributed by atoms with Crippen molar-refractivity contribution in [2.45, 2.75) is 52.6 Å². The molecule has 2 unspecified atom stereocenters. The van der Waals surface area contributed by atoms with E-state index in [0.717, 1.165) is 0 Å². The van der Waals surface area contributed by atoms with Crippen LogP contribution in [0.25, 0.3) is 0 Å². The van der Waals surface area contributed by atoms with E-state index in [1.807, 2.05) is 27.7 Å². The van der Waals surface area contributed by atoms with Crippen LogP contribution in [0.4, 0.5) is 0 Å². The lowest BCUT2D eigenvalue weighted by atomic mass is 9.87. The first-order valence-electron chi connectivity index (χ1n) is 6.46. The number of amides is 1. The molecule has 0 aromatic rings. The molecule has 0 fully saturated rings. The molecule has 0 saturated carbocycles. The molecular formula is C14H26N4O. The fourth-order valence-corrected chi connectivity index (χ4v) is 1.32. The van der Waals surface area contributed by atoms with Crippen molar-refractivity contribution in [2.24, 2.45) is 16.1 Å². The van der Waals surface area contributed by atoms with Crippen LogP contribution in [-0.2, 0) is 4.79 Å². The molecule has 0 radical (unpaired) electrons. The van der Waals surface area contributed by atoms with Crippen molar-refractivity contribution < 1.29 is 4.79 Å². The third kappa shape index (κ3) is 7.51. The predicted molar refractivity (Wildman–Crippen MR) is 80.7 cm³/mol. The van der Waals surface area contributed by atoms with Crippen LogP contribution in [0.5, 0.6) is 0 Å². The second kappa shape index (κ2) is 7.84. The Balaban J connectivity index is 4.15. The third-order valence-electron chi connectivity index (χ3n) is 2.75. The predicted octanol–water partition coefficient (Wildman–Crippen LogP) is 1.88. The van der Waals surface area contributed by atoms with Crippen molar-refractivity contribution in [1.82, 2.24) is 5.32 Å². The highest BCUT2D eigenvalue weighted by molar-refractivity contribution is 5.99. The Bertz CT molecular complexity index is 355. The maximum atomic E-state index is 11.8. The molecular weight excluding hydrogens is 240 g/mol. The number of hydrogen-bond donors (Lipinski definition) is 3. The van der Waals surface area contributed by atoms with Gasteiger partial charge >= 0.3 is 0 Å². The number of carbonyl (C=O) groups is 1. The zero-order valence-electron chi connectivity index (χ0n) is 12.4. The second-order valence-corrected chi connectivity index (χ2v) is 5.73. The Morgan fingerprint density at radius 2 is 2.11 bits per heavy atom. The number of nitrogens with one attached hydrogen (secondary N) is 2. The highest BCUT2D eigenvalue weighted by atomic mass is 16.2. The van der Waals surface area contributed by atoms with E-state index in [1.54, 1.807) is 12.3 Å². The molecule has 0 aliphatic carbocycles. The van der Waals surface area contributed by atoms with Crippen LogP contribution in [0.3, 0.4) is 0 Å². The van der Waals surface area contributed by atoms with Crippen molar-refractivity contribution in [3.63, 3.8) is 0 Å². The monoisotopic (exact) mass is 266 g/mol. The molecule has 0 bridgehead atoms. The molecule has 0 heterocycles. The zero-order valence-corrected chi connectivity index (χ0v) is 12.4. The van der Waals surface area contributed by atoms with E-state index in [1.165, 1.54) is 0 Å². The lowest BCUT2D eigenvalue weighted by Gasteiger charge is -2.25. The van der Waals surface area contributed by atoms with Crippen molar-refractivity contribution >= 4 is 18.0 Å². The van der Waals surface area contributed by atoms with Crippen LogP contribution in [0.2, 0.25) is 0 Å². The molecule has 1 amide bonds. The summed E-state index contributed by atoms with van der Waals surface area (Å²) < 4.78 is 0. The van der Waals surface area contributed by atoms with E-state index < -0.39 is 6.04 Å². The summed E-state index contributed by atoms with van der Waals surface area (Å²) in [5.74, 6) is -0.120. The minimum atomic E-state index is -0.621. The van der Waals surface area contributed by atoms with Gasteiger partial charge in [0.05, 0.1) is 11.9 Å². The van der Waals surface area contributed by atoms with Gasteiger partial charge in [0.2, 0.25) is 5.91 Å². The number of aliphatic imine (C=N–C) groups is 1. The molecule has 5 heteroatoms. The van der Waals surface area contributed by atoms with Crippen LogP contribution < -0.4 is 11.1 Å². The summed E-state index contributed by atoms with van der Waals surface area (Å²) in [5, 5.41) is 10.3. The van der Waals surface area contributed by atoms with Gasteiger partial charge < -0.3 is 11.1 Å². The van der Waals surface area contributed by atoms with Crippen molar-refractivity contribution in [3.8, 4) is 0 Å². The topological polar surface area (TPSA) is 91.3 Å². The SMILES string of the molecule is C=CC=NC(C)CCC(=N)NC(=O)C(N)C(C)(C)C. The molecule has 0 aromatic carbocycles. The lowest BCUT2D eigenvalue weighted by molar-refractivity contribution is -0.123. The van der Waals surface area contributed by atoms with Gasteiger partial charge in [0, 0.05) is 18.7 Å². The Morgan fingerprint density at radius 1 is 1.53 bits per heavy atom. The summed E-state index contributed by atoms with van der Waals surface area (Å²) in [6, 6.07) is -0.518. The van der Waals surface area contributed by atoms with Crippen LogP contribution in [0, 0.1) is 10.8 Å². The van der Waals surface area contributed by atoms with E-state index in [2.05, 4.69) is 16.9 Å². The van der Waals surface area contributed by atoms with Crippen LogP contribution in [0.15, 0.2) is 17.6 Å². The van der Waals surface area contributed by atoms with Crippen molar-refractivity contribution in [3.05, 3.63) is 12.7 Å². The number of nitrogens with zero attached hydrogens (tertiary/aromatic N) is 1. The molecule has 4 N–H and O–H groups in total. The summed E-state index contributed by atoms with van der Waals surface area (Å²) in [7, 11) is 0. The van der Waals surface area contributed by atoms with Gasteiger partial charge in [-0.3, -0.25) is 15.2 Å². The molecule has 0 aliphatic heterocycles. The Kier molecular flexibility index (Phi) is 7.22. The van der Waals surface area contributed by atoms with Crippen molar-refractivity contribution in [1.29, 1.82) is 5.41 Å². The summed E-state index contributed by atoms with van der Waals surface area (Å²) >= 11 is 0. The third-order valence-corrected chi connectivity index (χ3v) is 2.75. The van der Waals surface area contributed by atoms with Gasteiger partial charge in [0.25, 0.3) is 0 Å². The zero-order chi connectivity index (χ0) is 15.1. The normalized spacial score (nSPS) is 15.0. The van der Waals surface area contributed by atoms with Gasteiger partial charge in [-0.1, -0.05) is 33.4 Å². The summed E-state index contributed by atoms with van der Waals surface area (Å²) in [6.07, 6.45) is 4.43. The highest BCUT2D eigenvalue weighted by Gasteiger charge is 2.27. The molecule has 2 atom stereocenters. The molecule has 5 nitrogen and oxygen atoms in total. The summed E-state index contributed by atoms with van der Waals surface area (Å²) in [6.45, 7) is 11.2. The molecule has 108 valence electrons. The molecule has 0 aliphatic rings. The van der Waals surface area contributed by atoms with Gasteiger partial charge in [-0.2, -0.15) is 0 Å². The first kappa shape index (κ1) is 17.5. The Morgan fingerprint density at radius 3 is 2.58 bits per heavy atom. The first-order chi connectivity index (χ1) is 8.68. The van der Waals surface area contributed by atoms with E-state index in [4.69, 9.17) is 11.1 Å². The smallest absolute Gasteiger partial charge is 0.242 e. The quantitative estimate of drug-likeness (QED) is 0.506. The van der Waals surface area contributed by atoms with Gasteiger partial charge in [-0.25, -0.2) is 0 Å². The lowest BCUT2D eigenvalue weighted by Crippen LogP contribution is -2.50. The molecule has 0 spiro atoms. The van der Waals surface area contributed by atoms with E-state index >= 15 is 0 Å². The van der Waals surface area contributed by atoms with E-state index in [-0.39, 0.29) is 23.2 Å². The summed E-state index contributed by atoms with van der Waals surface area (Å²) in [5.41, 5.74) is 5.51. The van der Waals surface area contributed by atoms with Crippen LogP contribution in [-0.4, -0.2) is 30.0 Å². The largest absolute Gasteiger partial charge is 0.319 e. The van der Waals surface area contributed by atoms with Crippen LogP contribution in [0.1, 0.15) is 40.5 Å². The maximum absolute atomic E-state index is 11.8. The number of allylic oxidation sites excluding steroid dienone is 1. The average Bonchev–Trinajstić information content (AvgIpc) is 2.31. The minimum absolute atomic E-state index is 0.103. The Hall–Kier alpha value is -1.49. The van der Waals surface area contributed by atoms with Gasteiger partial charge in [-0.15, -0.1) is 0 Å². The van der Waals surface area contributed by atoms with Crippen molar-refractivity contribution in [2.75, 3.05) is 0 Å². The number of amidine groups is 1. The summed E-state index contributed by atoms with van der Waals surface area (Å²) in [4.78, 5) is 16.0. The molecule has 0 rings (SSSR count). The average molecular weight is 266 g/mol. The highest BCUT2D eigenvalue weighted by Crippen LogP contribution is 2.17. The number of nitrogens with two attached hydrogens (primary N) is 1. The number of carbonyl (C=O) groups excluding carboxylic acids is 1. The Labute approximate surface area is 115 Å². The first-order valence-corrected chi connectivity index (χ1v) is 6.46. The standard InChI is InChI=1S/C14H26N4O/c1-6-9-17-10(2)7-8-11(15)18-13(19)12(16)14(3,4)5/h6,9-10,12H,1,7-8,16H2,2-5H3,(H2,15,18,19). The van der Waals surface area contributed by atoms with Gasteiger partial charge in [0.1, 0.15) is 0 Å².